The fraction of sp³-hybridized carbons (Fsp3) is 0.532. The minimum absolute atomic E-state index is 0.0264. The van der Waals surface area contributed by atoms with Crippen molar-refractivity contribution in [1.82, 2.24) is 30.2 Å². The number of carbonyl (C=O) groups is 4. The first-order chi connectivity index (χ1) is 30.6. The quantitative estimate of drug-likeness (QED) is 0.140. The number of alkyl carbamates (subject to hydrolysis) is 1. The molecule has 2 aromatic carbocycles. The third-order valence-electron chi connectivity index (χ3n) is 13.7. The molecule has 0 unspecified atom stereocenters. The van der Waals surface area contributed by atoms with Gasteiger partial charge in [-0.1, -0.05) is 74.7 Å². The fourth-order valence-corrected chi connectivity index (χ4v) is 10.7. The number of benzene rings is 2. The number of hydrogen-bond donors (Lipinski definition) is 3. The Bertz CT molecular complexity index is 2620. The Labute approximate surface area is 377 Å². The number of ether oxygens (including phenoxy) is 2. The molecular weight excluding hydrogens is 860 g/mol. The van der Waals surface area contributed by atoms with Gasteiger partial charge in [-0.05, 0) is 101 Å². The molecule has 17 heteroatoms. The van der Waals surface area contributed by atoms with Crippen LogP contribution in [0.1, 0.15) is 116 Å². The molecule has 4 aromatic rings. The minimum Gasteiger partial charge on any atom is -0.470 e. The van der Waals surface area contributed by atoms with Crippen LogP contribution in [0.15, 0.2) is 59.0 Å². The van der Waals surface area contributed by atoms with Crippen molar-refractivity contribution >= 4 is 67.5 Å². The lowest BCUT2D eigenvalue weighted by molar-refractivity contribution is -0.141. The van der Waals surface area contributed by atoms with E-state index in [9.17, 15) is 27.6 Å². The van der Waals surface area contributed by atoms with E-state index in [0.717, 1.165) is 49.7 Å². The summed E-state index contributed by atoms with van der Waals surface area (Å²) in [5, 5.41) is 6.89. The number of furan rings is 1. The van der Waals surface area contributed by atoms with Crippen molar-refractivity contribution in [3.63, 3.8) is 0 Å². The highest BCUT2D eigenvalue weighted by Crippen LogP contribution is 2.48. The second-order valence-electron chi connectivity index (χ2n) is 18.8. The van der Waals surface area contributed by atoms with Gasteiger partial charge in [-0.25, -0.2) is 18.2 Å². The maximum absolute atomic E-state index is 14.9. The van der Waals surface area contributed by atoms with Gasteiger partial charge < -0.3 is 29.4 Å². The molecule has 1 saturated heterocycles. The van der Waals surface area contributed by atoms with Crippen LogP contribution in [0.2, 0.25) is 5.02 Å². The Balaban J connectivity index is 1.06. The van der Waals surface area contributed by atoms with Gasteiger partial charge in [0.25, 0.3) is 11.8 Å². The Kier molecular flexibility index (Phi) is 11.9. The van der Waals surface area contributed by atoms with E-state index in [1.165, 1.54) is 4.90 Å². The third-order valence-corrected chi connectivity index (χ3v) is 16.1. The van der Waals surface area contributed by atoms with Gasteiger partial charge in [0.2, 0.25) is 27.4 Å². The topological polar surface area (TPSA) is 199 Å². The van der Waals surface area contributed by atoms with Crippen LogP contribution in [0.5, 0.6) is 5.88 Å². The maximum atomic E-state index is 14.9. The van der Waals surface area contributed by atoms with Crippen LogP contribution in [0.3, 0.4) is 0 Å². The van der Waals surface area contributed by atoms with E-state index < -0.39 is 68.2 Å². The minimum atomic E-state index is -4.03. The van der Waals surface area contributed by atoms with Crippen molar-refractivity contribution in [1.29, 1.82) is 0 Å². The number of sulfonamides is 1. The molecule has 4 fully saturated rings. The fourth-order valence-electron chi connectivity index (χ4n) is 9.25. The molecule has 4 heterocycles. The molecular formula is C47H55ClN6O9S. The molecule has 3 aliphatic carbocycles. The van der Waals surface area contributed by atoms with Gasteiger partial charge in [0.15, 0.2) is 5.82 Å². The van der Waals surface area contributed by atoms with Crippen LogP contribution in [-0.2, 0) is 29.1 Å². The number of rotatable bonds is 9. The molecule has 2 aliphatic heterocycles. The summed E-state index contributed by atoms with van der Waals surface area (Å²) in [6, 6.07) is 10.9. The van der Waals surface area contributed by atoms with Crippen molar-refractivity contribution in [2.24, 2.45) is 5.92 Å². The number of amides is 4. The molecule has 3 N–H and O–H groups in total. The smallest absolute Gasteiger partial charge is 0.408 e. The van der Waals surface area contributed by atoms with Crippen molar-refractivity contribution < 1.29 is 41.5 Å². The normalized spacial score (nSPS) is 26.7. The van der Waals surface area contributed by atoms with E-state index in [-0.39, 0.29) is 37.0 Å². The molecule has 5 atom stereocenters. The first kappa shape index (κ1) is 44.0. The number of aromatic nitrogens is 2. The zero-order chi connectivity index (χ0) is 45.0. The summed E-state index contributed by atoms with van der Waals surface area (Å²) in [7, 11) is -4.03. The average Bonchev–Trinajstić information content (AvgIpc) is 3.93. The van der Waals surface area contributed by atoms with Crippen molar-refractivity contribution in [3.8, 4) is 17.3 Å². The lowest BCUT2D eigenvalue weighted by Crippen LogP contribution is -2.58. The first-order valence-electron chi connectivity index (χ1n) is 22.6. The van der Waals surface area contributed by atoms with E-state index in [4.69, 9.17) is 35.5 Å². The Hall–Kier alpha value is -5.22. The number of nitrogens with one attached hydrogen (secondary N) is 3. The average molecular weight is 916 g/mol. The molecule has 9 rings (SSSR count). The number of carbonyl (C=O) groups excluding carboxylic acids is 4. The van der Waals surface area contributed by atoms with E-state index in [1.54, 1.807) is 25.1 Å². The van der Waals surface area contributed by atoms with Gasteiger partial charge in [0, 0.05) is 28.3 Å². The molecule has 4 amide bonds. The summed E-state index contributed by atoms with van der Waals surface area (Å²) < 4.78 is 46.6. The summed E-state index contributed by atoms with van der Waals surface area (Å²) in [4.78, 5) is 68.2. The number of hydrogen-bond acceptors (Lipinski definition) is 11. The Morgan fingerprint density at radius 1 is 0.984 bits per heavy atom. The van der Waals surface area contributed by atoms with Gasteiger partial charge in [0.1, 0.15) is 40.9 Å². The predicted molar refractivity (Wildman–Crippen MR) is 240 cm³/mol. The highest BCUT2D eigenvalue weighted by atomic mass is 35.5. The maximum Gasteiger partial charge on any atom is 0.408 e. The number of halogens is 1. The van der Waals surface area contributed by atoms with Crippen molar-refractivity contribution in [2.45, 2.75) is 145 Å². The van der Waals surface area contributed by atoms with Gasteiger partial charge in [-0.2, -0.15) is 4.98 Å². The lowest BCUT2D eigenvalue weighted by Gasteiger charge is -2.30. The van der Waals surface area contributed by atoms with Crippen molar-refractivity contribution in [3.05, 3.63) is 65.2 Å². The van der Waals surface area contributed by atoms with E-state index in [2.05, 4.69) is 29.2 Å². The molecule has 0 bridgehead atoms. The van der Waals surface area contributed by atoms with Crippen LogP contribution < -0.4 is 20.1 Å². The van der Waals surface area contributed by atoms with E-state index in [1.807, 2.05) is 36.4 Å². The summed E-state index contributed by atoms with van der Waals surface area (Å²) in [6.07, 6.45) is 9.63. The second-order valence-corrected chi connectivity index (χ2v) is 21.4. The van der Waals surface area contributed by atoms with Crippen LogP contribution in [0.4, 0.5) is 4.79 Å². The molecule has 0 spiro atoms. The van der Waals surface area contributed by atoms with Crippen molar-refractivity contribution in [2.75, 3.05) is 6.54 Å². The molecule has 2 aromatic heterocycles. The molecule has 15 nitrogen and oxygen atoms in total. The molecule has 3 saturated carbocycles. The predicted octanol–water partition coefficient (Wildman–Crippen LogP) is 7.60. The third kappa shape index (κ3) is 8.79. The monoisotopic (exact) mass is 914 g/mol. The lowest BCUT2D eigenvalue weighted by atomic mass is 10.0. The van der Waals surface area contributed by atoms with Gasteiger partial charge in [0.05, 0.1) is 11.3 Å². The van der Waals surface area contributed by atoms with E-state index >= 15 is 0 Å². The summed E-state index contributed by atoms with van der Waals surface area (Å²) in [6.45, 7) is 5.73. The molecule has 5 aliphatic rings. The molecule has 0 radical (unpaired) electrons. The Morgan fingerprint density at radius 3 is 2.47 bits per heavy atom. The van der Waals surface area contributed by atoms with Crippen LogP contribution in [-0.4, -0.2) is 88.2 Å². The number of fused-ring (bicyclic) bond motifs is 5. The summed E-state index contributed by atoms with van der Waals surface area (Å²) in [5.41, 5.74) is 1.54. The van der Waals surface area contributed by atoms with Crippen LogP contribution >= 0.6 is 11.6 Å². The molecule has 64 heavy (non-hydrogen) atoms. The number of allylic oxidation sites excluding steroid dienone is 1. The second kappa shape index (κ2) is 17.3. The van der Waals surface area contributed by atoms with Crippen LogP contribution in [0, 0.1) is 5.92 Å². The largest absolute Gasteiger partial charge is 0.470 e. The molecule has 340 valence electrons. The SMILES string of the molecule is CC(C)c1ccc(-c2nc(O[C@@H]3C[C@H]4C(=O)N[C@]5(C(=O)NS(=O)(=O)C6(C)CC6)C[C@H]5/C=C\CCCCC[C@H](NC(=O)OC5CCCC5)C(=O)N4C3)c3oc4ccc(Cl)cc4c3n2)cc1. The first-order valence-corrected chi connectivity index (χ1v) is 24.5. The van der Waals surface area contributed by atoms with Gasteiger partial charge >= 0.3 is 6.09 Å². The standard InChI is InChI=1S/C47H55ClN6O9S/c1-27(2)28-15-17-29(18-16-28)40-50-38-34-23-31(48)19-20-37(34)63-39(38)42(51-40)61-33-24-36-41(55)52-47(44(57)53-64(59,60)46(3)21-22-46)25-30(47)11-7-5-4-6-8-14-35(43(56)54(36)26-33)49-45(58)62-32-12-9-10-13-32/h7,11,15-20,23,27,30,32-33,35-36H,4-6,8-10,12-14,21-22,24-26H2,1-3H3,(H,49,58)(H,52,55)(H,53,57)/b11-7-/t30-,33-,35+,36+,47-/m1/s1. The zero-order valence-corrected chi connectivity index (χ0v) is 37.9. The highest BCUT2D eigenvalue weighted by Gasteiger charge is 2.63. The van der Waals surface area contributed by atoms with Gasteiger partial charge in [-0.3, -0.25) is 19.1 Å². The summed E-state index contributed by atoms with van der Waals surface area (Å²) >= 11 is 6.45. The number of nitrogens with zero attached hydrogens (tertiary/aromatic N) is 3. The Morgan fingerprint density at radius 2 is 1.73 bits per heavy atom. The zero-order valence-electron chi connectivity index (χ0n) is 36.4. The van der Waals surface area contributed by atoms with Crippen LogP contribution in [0.25, 0.3) is 33.5 Å². The van der Waals surface area contributed by atoms with E-state index in [0.29, 0.717) is 65.4 Å². The summed E-state index contributed by atoms with van der Waals surface area (Å²) in [5.74, 6) is -1.67. The highest BCUT2D eigenvalue weighted by molar-refractivity contribution is 7.91. The van der Waals surface area contributed by atoms with Gasteiger partial charge in [-0.15, -0.1) is 0 Å².